The molecular formula is C17H21N5O3S. The first kappa shape index (κ1) is 18.4. The van der Waals surface area contributed by atoms with Crippen LogP contribution in [0.1, 0.15) is 44.3 Å². The molecule has 1 N–H and O–H groups in total. The number of nitrogens with zero attached hydrogens (tertiary/aromatic N) is 4. The zero-order valence-corrected chi connectivity index (χ0v) is 15.4. The Hall–Kier alpha value is -2.42. The molecule has 0 spiro atoms. The Morgan fingerprint density at radius 2 is 2.15 bits per heavy atom. The van der Waals surface area contributed by atoms with Gasteiger partial charge in [-0.05, 0) is 25.8 Å². The van der Waals surface area contributed by atoms with Crippen LogP contribution in [0.5, 0.6) is 0 Å². The number of amides is 1. The fourth-order valence-corrected chi connectivity index (χ4v) is 4.02. The second-order valence-electron chi connectivity index (χ2n) is 6.21. The largest absolute Gasteiger partial charge is 0.325 e. The van der Waals surface area contributed by atoms with Gasteiger partial charge in [-0.3, -0.25) is 14.9 Å². The molecular weight excluding hydrogens is 354 g/mol. The normalized spacial score (nSPS) is 14.5. The third-order valence-electron chi connectivity index (χ3n) is 4.46. The number of anilines is 1. The first-order chi connectivity index (χ1) is 12.6. The van der Waals surface area contributed by atoms with Crippen molar-refractivity contribution in [2.24, 2.45) is 0 Å². The van der Waals surface area contributed by atoms with Gasteiger partial charge < -0.3 is 9.88 Å². The van der Waals surface area contributed by atoms with E-state index in [0.717, 1.165) is 30.4 Å². The van der Waals surface area contributed by atoms with E-state index in [2.05, 4.69) is 27.0 Å². The third-order valence-corrected chi connectivity index (χ3v) is 5.42. The van der Waals surface area contributed by atoms with Crippen LogP contribution in [0.15, 0.2) is 29.4 Å². The van der Waals surface area contributed by atoms with E-state index in [9.17, 15) is 14.9 Å². The average Bonchev–Trinajstić information content (AvgIpc) is 3.29. The number of carbonyl (C=O) groups excluding carboxylic acids is 1. The third kappa shape index (κ3) is 4.21. The van der Waals surface area contributed by atoms with E-state index in [1.165, 1.54) is 36.7 Å². The summed E-state index contributed by atoms with van der Waals surface area (Å²) in [5.74, 6) is 1.43. The summed E-state index contributed by atoms with van der Waals surface area (Å²) in [6, 6.07) is 5.90. The standard InChI is InChI=1S/C17H21N5O3S/c1-2-21-16(12-6-3-4-7-12)19-20-17(21)26-11-15(23)18-13-8-5-9-14(10-13)22(24)25/h5,8-10,12H,2-4,6-7,11H2,1H3,(H,18,23). The summed E-state index contributed by atoms with van der Waals surface area (Å²) in [5, 5.41) is 22.8. The lowest BCUT2D eigenvalue weighted by molar-refractivity contribution is -0.384. The van der Waals surface area contributed by atoms with E-state index in [1.54, 1.807) is 12.1 Å². The maximum absolute atomic E-state index is 12.2. The van der Waals surface area contributed by atoms with Gasteiger partial charge in [0.05, 0.1) is 10.7 Å². The maximum Gasteiger partial charge on any atom is 0.271 e. The number of nitrogens with one attached hydrogen (secondary N) is 1. The van der Waals surface area contributed by atoms with E-state index < -0.39 is 4.92 Å². The molecule has 1 amide bonds. The van der Waals surface area contributed by atoms with Crippen molar-refractivity contribution in [3.8, 4) is 0 Å². The van der Waals surface area contributed by atoms with Crippen molar-refractivity contribution in [2.75, 3.05) is 11.1 Å². The van der Waals surface area contributed by atoms with Crippen molar-refractivity contribution in [3.63, 3.8) is 0 Å². The fraction of sp³-hybridized carbons (Fsp3) is 0.471. The number of hydrogen-bond acceptors (Lipinski definition) is 6. The van der Waals surface area contributed by atoms with E-state index >= 15 is 0 Å². The van der Waals surface area contributed by atoms with Crippen LogP contribution in [0.3, 0.4) is 0 Å². The molecule has 138 valence electrons. The monoisotopic (exact) mass is 375 g/mol. The lowest BCUT2D eigenvalue weighted by Gasteiger charge is -2.11. The molecule has 1 saturated carbocycles. The van der Waals surface area contributed by atoms with E-state index in [1.807, 2.05) is 0 Å². The van der Waals surface area contributed by atoms with Gasteiger partial charge in [0.25, 0.3) is 5.69 Å². The van der Waals surface area contributed by atoms with Crippen molar-refractivity contribution < 1.29 is 9.72 Å². The predicted octanol–water partition coefficient (Wildman–Crippen LogP) is 3.59. The topological polar surface area (TPSA) is 103 Å². The summed E-state index contributed by atoms with van der Waals surface area (Å²) >= 11 is 1.33. The number of nitro benzene ring substituents is 1. The Bertz CT molecular complexity index is 801. The summed E-state index contributed by atoms with van der Waals surface area (Å²) in [6.07, 6.45) is 4.76. The van der Waals surface area contributed by atoms with E-state index in [-0.39, 0.29) is 17.3 Å². The molecule has 0 atom stereocenters. The number of carbonyl (C=O) groups is 1. The first-order valence-corrected chi connectivity index (χ1v) is 9.67. The predicted molar refractivity (Wildman–Crippen MR) is 99.4 cm³/mol. The highest BCUT2D eigenvalue weighted by Gasteiger charge is 2.24. The molecule has 8 nitrogen and oxygen atoms in total. The number of hydrogen-bond donors (Lipinski definition) is 1. The highest BCUT2D eigenvalue weighted by molar-refractivity contribution is 7.99. The summed E-state index contributed by atoms with van der Waals surface area (Å²) in [4.78, 5) is 22.5. The molecule has 1 heterocycles. The lowest BCUT2D eigenvalue weighted by atomic mass is 10.1. The number of nitro groups is 1. The number of non-ortho nitro benzene ring substituents is 1. The molecule has 3 rings (SSSR count). The Kier molecular flexibility index (Phi) is 5.87. The summed E-state index contributed by atoms with van der Waals surface area (Å²) < 4.78 is 2.08. The minimum Gasteiger partial charge on any atom is -0.325 e. The van der Waals surface area contributed by atoms with Crippen LogP contribution < -0.4 is 5.32 Å². The molecule has 0 saturated heterocycles. The van der Waals surface area contributed by atoms with Crippen molar-refractivity contribution >= 4 is 29.0 Å². The molecule has 1 aliphatic carbocycles. The minimum absolute atomic E-state index is 0.0533. The van der Waals surface area contributed by atoms with E-state index in [4.69, 9.17) is 0 Å². The molecule has 0 bridgehead atoms. The van der Waals surface area contributed by atoms with Gasteiger partial charge in [0.15, 0.2) is 5.16 Å². The number of aromatic nitrogens is 3. The SMILES string of the molecule is CCn1c(SCC(=O)Nc2cccc([N+](=O)[O-])c2)nnc1C1CCCC1. The second-order valence-corrected chi connectivity index (χ2v) is 7.15. The zero-order valence-electron chi connectivity index (χ0n) is 14.6. The van der Waals surface area contributed by atoms with Crippen molar-refractivity contribution in [1.82, 2.24) is 14.8 Å². The molecule has 1 aromatic carbocycles. The van der Waals surface area contributed by atoms with E-state index in [0.29, 0.717) is 11.6 Å². The summed E-state index contributed by atoms with van der Waals surface area (Å²) in [5.41, 5.74) is 0.357. The van der Waals surface area contributed by atoms with Gasteiger partial charge in [0.2, 0.25) is 5.91 Å². The van der Waals surface area contributed by atoms with Crippen LogP contribution >= 0.6 is 11.8 Å². The van der Waals surface area contributed by atoms with Gasteiger partial charge in [-0.15, -0.1) is 10.2 Å². The molecule has 1 aromatic heterocycles. The molecule has 1 fully saturated rings. The number of rotatable bonds is 7. The number of benzene rings is 1. The lowest BCUT2D eigenvalue weighted by Crippen LogP contribution is -2.15. The molecule has 0 unspecified atom stereocenters. The first-order valence-electron chi connectivity index (χ1n) is 8.68. The van der Waals surface area contributed by atoms with Gasteiger partial charge >= 0.3 is 0 Å². The smallest absolute Gasteiger partial charge is 0.271 e. The van der Waals surface area contributed by atoms with Crippen LogP contribution in [0.2, 0.25) is 0 Å². The maximum atomic E-state index is 12.2. The highest BCUT2D eigenvalue weighted by atomic mass is 32.2. The van der Waals surface area contributed by atoms with Crippen molar-refractivity contribution in [2.45, 2.75) is 50.2 Å². The molecule has 1 aliphatic rings. The Morgan fingerprint density at radius 3 is 2.85 bits per heavy atom. The van der Waals surface area contributed by atoms with Gasteiger partial charge in [-0.25, -0.2) is 0 Å². The quantitative estimate of drug-likeness (QED) is 0.451. The molecule has 2 aromatic rings. The summed E-state index contributed by atoms with van der Waals surface area (Å²) in [6.45, 7) is 2.82. The highest BCUT2D eigenvalue weighted by Crippen LogP contribution is 2.34. The fourth-order valence-electron chi connectivity index (χ4n) is 3.21. The van der Waals surface area contributed by atoms with Crippen molar-refractivity contribution in [1.29, 1.82) is 0 Å². The van der Waals surface area contributed by atoms with Gasteiger partial charge in [-0.1, -0.05) is 30.7 Å². The Labute approximate surface area is 155 Å². The Balaban J connectivity index is 1.61. The van der Waals surface area contributed by atoms with Gasteiger partial charge in [-0.2, -0.15) is 0 Å². The van der Waals surface area contributed by atoms with Gasteiger partial charge in [0, 0.05) is 30.3 Å². The van der Waals surface area contributed by atoms with Crippen LogP contribution in [0.4, 0.5) is 11.4 Å². The average molecular weight is 375 g/mol. The molecule has 9 heteroatoms. The number of thioether (sulfide) groups is 1. The van der Waals surface area contributed by atoms with Crippen LogP contribution in [-0.2, 0) is 11.3 Å². The zero-order chi connectivity index (χ0) is 18.5. The molecule has 0 radical (unpaired) electrons. The minimum atomic E-state index is -0.487. The van der Waals surface area contributed by atoms with Crippen molar-refractivity contribution in [3.05, 3.63) is 40.2 Å². The Morgan fingerprint density at radius 1 is 1.38 bits per heavy atom. The van der Waals surface area contributed by atoms with Gasteiger partial charge in [0.1, 0.15) is 5.82 Å². The summed E-state index contributed by atoms with van der Waals surface area (Å²) in [7, 11) is 0. The van der Waals surface area contributed by atoms with Crippen LogP contribution in [0, 0.1) is 10.1 Å². The van der Waals surface area contributed by atoms with Crippen LogP contribution in [0.25, 0.3) is 0 Å². The second kappa shape index (κ2) is 8.31. The van der Waals surface area contributed by atoms with Crippen LogP contribution in [-0.4, -0.2) is 31.3 Å². The molecule has 0 aliphatic heterocycles. The molecule has 26 heavy (non-hydrogen) atoms.